The van der Waals surface area contributed by atoms with Crippen LogP contribution in [-0.2, 0) is 0 Å². The van der Waals surface area contributed by atoms with E-state index in [0.717, 1.165) is 24.4 Å². The monoisotopic (exact) mass is 296 g/mol. The number of halogens is 2. The molecule has 2 aromatic rings. The van der Waals surface area contributed by atoms with Crippen molar-refractivity contribution < 1.29 is 4.39 Å². The lowest BCUT2D eigenvalue weighted by atomic mass is 10.2. The zero-order chi connectivity index (χ0) is 14.7. The van der Waals surface area contributed by atoms with Gasteiger partial charge in [-0.25, -0.2) is 9.07 Å². The molecule has 0 aliphatic heterocycles. The van der Waals surface area contributed by atoms with Crippen LogP contribution in [0.4, 0.5) is 4.39 Å². The molecule has 1 aromatic heterocycles. The molecule has 108 valence electrons. The van der Waals surface area contributed by atoms with Gasteiger partial charge in [-0.1, -0.05) is 23.7 Å². The van der Waals surface area contributed by atoms with Gasteiger partial charge in [0, 0.05) is 6.07 Å². The Hall–Kier alpha value is -1.46. The van der Waals surface area contributed by atoms with Crippen molar-refractivity contribution in [3.05, 3.63) is 40.4 Å². The standard InChI is InChI=1S/C14H18ClFN4/c1-4-7-17-9(2)14-10(3)20(19-18-14)11-5-6-12(15)13(16)8-11/h5-6,8-9,17H,4,7H2,1-3H3. The third kappa shape index (κ3) is 2.99. The van der Waals surface area contributed by atoms with E-state index in [1.54, 1.807) is 10.7 Å². The average molecular weight is 297 g/mol. The minimum Gasteiger partial charge on any atom is -0.309 e. The third-order valence-corrected chi connectivity index (χ3v) is 3.50. The Morgan fingerprint density at radius 3 is 2.85 bits per heavy atom. The fourth-order valence-electron chi connectivity index (χ4n) is 2.06. The van der Waals surface area contributed by atoms with Crippen LogP contribution in [0.3, 0.4) is 0 Å². The van der Waals surface area contributed by atoms with Gasteiger partial charge in [0.2, 0.25) is 0 Å². The van der Waals surface area contributed by atoms with Crippen LogP contribution in [0.5, 0.6) is 0 Å². The lowest BCUT2D eigenvalue weighted by Gasteiger charge is -2.11. The summed E-state index contributed by atoms with van der Waals surface area (Å²) in [6.07, 6.45) is 1.06. The highest BCUT2D eigenvalue weighted by Gasteiger charge is 2.16. The highest BCUT2D eigenvalue weighted by Crippen LogP contribution is 2.21. The minimum absolute atomic E-state index is 0.102. The molecule has 0 bridgehead atoms. The summed E-state index contributed by atoms with van der Waals surface area (Å²) in [6.45, 7) is 6.99. The lowest BCUT2D eigenvalue weighted by molar-refractivity contribution is 0.555. The molecule has 0 amide bonds. The van der Waals surface area contributed by atoms with Crippen molar-refractivity contribution in [2.45, 2.75) is 33.2 Å². The highest BCUT2D eigenvalue weighted by atomic mass is 35.5. The molecule has 2 rings (SSSR count). The molecule has 4 nitrogen and oxygen atoms in total. The molecule has 20 heavy (non-hydrogen) atoms. The van der Waals surface area contributed by atoms with E-state index in [9.17, 15) is 4.39 Å². The second-order valence-corrected chi connectivity index (χ2v) is 5.15. The van der Waals surface area contributed by atoms with Gasteiger partial charge >= 0.3 is 0 Å². The minimum atomic E-state index is -0.460. The predicted octanol–water partition coefficient (Wildman–Crippen LogP) is 3.43. The molecular formula is C14H18ClFN4. The number of rotatable bonds is 5. The average Bonchev–Trinajstić information content (AvgIpc) is 2.81. The van der Waals surface area contributed by atoms with Gasteiger partial charge in [-0.2, -0.15) is 0 Å². The summed E-state index contributed by atoms with van der Waals surface area (Å²) in [4.78, 5) is 0. The first kappa shape index (κ1) is 14.9. The predicted molar refractivity (Wildman–Crippen MR) is 77.8 cm³/mol. The van der Waals surface area contributed by atoms with Crippen LogP contribution in [0.1, 0.15) is 37.7 Å². The lowest BCUT2D eigenvalue weighted by Crippen LogP contribution is -2.20. The summed E-state index contributed by atoms with van der Waals surface area (Å²) in [7, 11) is 0. The molecule has 1 heterocycles. The molecule has 6 heteroatoms. The smallest absolute Gasteiger partial charge is 0.143 e. The molecule has 0 aliphatic carbocycles. The van der Waals surface area contributed by atoms with Gasteiger partial charge in [-0.05, 0) is 38.9 Å². The van der Waals surface area contributed by atoms with E-state index >= 15 is 0 Å². The van der Waals surface area contributed by atoms with Crippen molar-refractivity contribution in [2.24, 2.45) is 0 Å². The summed E-state index contributed by atoms with van der Waals surface area (Å²) in [6, 6.07) is 4.71. The van der Waals surface area contributed by atoms with Gasteiger partial charge in [-0.3, -0.25) is 0 Å². The maximum atomic E-state index is 13.5. The Kier molecular flexibility index (Phi) is 4.73. The molecule has 0 radical (unpaired) electrons. The largest absolute Gasteiger partial charge is 0.309 e. The molecule has 1 N–H and O–H groups in total. The molecule has 0 fully saturated rings. The first-order chi connectivity index (χ1) is 9.54. The summed E-state index contributed by atoms with van der Waals surface area (Å²) in [5.74, 6) is -0.460. The summed E-state index contributed by atoms with van der Waals surface area (Å²) < 4.78 is 15.1. The van der Waals surface area contributed by atoms with Crippen LogP contribution in [0.25, 0.3) is 5.69 Å². The van der Waals surface area contributed by atoms with E-state index in [1.165, 1.54) is 12.1 Å². The van der Waals surface area contributed by atoms with Crippen molar-refractivity contribution in [3.63, 3.8) is 0 Å². The van der Waals surface area contributed by atoms with Crippen molar-refractivity contribution in [3.8, 4) is 5.69 Å². The number of nitrogens with zero attached hydrogens (tertiary/aromatic N) is 3. The zero-order valence-corrected chi connectivity index (χ0v) is 12.6. The maximum Gasteiger partial charge on any atom is 0.143 e. The van der Waals surface area contributed by atoms with Crippen LogP contribution in [-0.4, -0.2) is 21.5 Å². The molecule has 1 aromatic carbocycles. The van der Waals surface area contributed by atoms with Crippen molar-refractivity contribution >= 4 is 11.6 Å². The van der Waals surface area contributed by atoms with Crippen LogP contribution in [0.2, 0.25) is 5.02 Å². The topological polar surface area (TPSA) is 42.7 Å². The van der Waals surface area contributed by atoms with Crippen LogP contribution < -0.4 is 5.32 Å². The van der Waals surface area contributed by atoms with Gasteiger partial charge in [0.1, 0.15) is 11.5 Å². The maximum absolute atomic E-state index is 13.5. The summed E-state index contributed by atoms with van der Waals surface area (Å²) >= 11 is 5.69. The Bertz CT molecular complexity index is 597. The number of nitrogens with one attached hydrogen (secondary N) is 1. The van der Waals surface area contributed by atoms with E-state index < -0.39 is 5.82 Å². The fourth-order valence-corrected chi connectivity index (χ4v) is 2.18. The van der Waals surface area contributed by atoms with Crippen LogP contribution >= 0.6 is 11.6 Å². The van der Waals surface area contributed by atoms with Gasteiger partial charge in [0.05, 0.1) is 22.4 Å². The molecule has 0 saturated heterocycles. The number of hydrogen-bond acceptors (Lipinski definition) is 3. The fraction of sp³-hybridized carbons (Fsp3) is 0.429. The number of hydrogen-bond donors (Lipinski definition) is 1. The van der Waals surface area contributed by atoms with Gasteiger partial charge in [0.15, 0.2) is 0 Å². The van der Waals surface area contributed by atoms with Crippen LogP contribution in [0, 0.1) is 12.7 Å². The molecule has 0 saturated carbocycles. The van der Waals surface area contributed by atoms with Crippen LogP contribution in [0.15, 0.2) is 18.2 Å². The van der Waals surface area contributed by atoms with Gasteiger partial charge in [0.25, 0.3) is 0 Å². The highest BCUT2D eigenvalue weighted by molar-refractivity contribution is 6.30. The number of benzene rings is 1. The van der Waals surface area contributed by atoms with E-state index in [1.807, 2.05) is 13.8 Å². The molecule has 0 aliphatic rings. The normalized spacial score (nSPS) is 12.7. The van der Waals surface area contributed by atoms with E-state index in [4.69, 9.17) is 11.6 Å². The van der Waals surface area contributed by atoms with Gasteiger partial charge < -0.3 is 5.32 Å². The second kappa shape index (κ2) is 6.33. The third-order valence-electron chi connectivity index (χ3n) is 3.19. The summed E-state index contributed by atoms with van der Waals surface area (Å²) in [5, 5.41) is 11.8. The molecule has 1 atom stereocenters. The zero-order valence-electron chi connectivity index (χ0n) is 11.8. The van der Waals surface area contributed by atoms with Crippen molar-refractivity contribution in [1.82, 2.24) is 20.3 Å². The molecular weight excluding hydrogens is 279 g/mol. The van der Waals surface area contributed by atoms with E-state index in [-0.39, 0.29) is 11.1 Å². The van der Waals surface area contributed by atoms with Crippen molar-refractivity contribution in [2.75, 3.05) is 6.54 Å². The quantitative estimate of drug-likeness (QED) is 0.919. The Morgan fingerprint density at radius 2 is 2.20 bits per heavy atom. The Morgan fingerprint density at radius 1 is 1.45 bits per heavy atom. The Balaban J connectivity index is 2.30. The molecule has 0 spiro atoms. The Labute approximate surface area is 122 Å². The van der Waals surface area contributed by atoms with E-state index in [0.29, 0.717) is 5.69 Å². The molecule has 1 unspecified atom stereocenters. The number of aromatic nitrogens is 3. The van der Waals surface area contributed by atoms with E-state index in [2.05, 4.69) is 22.6 Å². The first-order valence-corrected chi connectivity index (χ1v) is 7.03. The second-order valence-electron chi connectivity index (χ2n) is 4.75. The summed E-state index contributed by atoms with van der Waals surface area (Å²) in [5.41, 5.74) is 2.38. The SMILES string of the molecule is CCCNC(C)c1nnn(-c2ccc(Cl)c(F)c2)c1C. The first-order valence-electron chi connectivity index (χ1n) is 6.65. The van der Waals surface area contributed by atoms with Crippen molar-refractivity contribution in [1.29, 1.82) is 0 Å². The van der Waals surface area contributed by atoms with Gasteiger partial charge in [-0.15, -0.1) is 5.10 Å².